The first-order valence-corrected chi connectivity index (χ1v) is 14.8. The normalized spacial score (nSPS) is 17.0. The third-order valence-electron chi connectivity index (χ3n) is 7.42. The topological polar surface area (TPSA) is 109 Å². The molecule has 0 spiro atoms. The van der Waals surface area contributed by atoms with E-state index < -0.39 is 17.5 Å². The lowest BCUT2D eigenvalue weighted by Crippen LogP contribution is -2.38. The van der Waals surface area contributed by atoms with E-state index in [9.17, 15) is 22.8 Å². The Morgan fingerprint density at radius 3 is 2.59 bits per heavy atom. The number of hydrogen-bond acceptors (Lipinski definition) is 9. The van der Waals surface area contributed by atoms with Crippen LogP contribution < -0.4 is 20.3 Å². The molecule has 2 N–H and O–H groups in total. The number of carbonyl (C=O) groups is 2. The Hall–Kier alpha value is -4.49. The molecule has 2 saturated heterocycles. The molecular formula is C31H27F3N6O3S. The van der Waals surface area contributed by atoms with Gasteiger partial charge in [-0.15, -0.1) is 13.2 Å². The molecule has 0 unspecified atom stereocenters. The van der Waals surface area contributed by atoms with Crippen LogP contribution in [-0.4, -0.2) is 52.1 Å². The average Bonchev–Trinajstić information content (AvgIpc) is 3.32. The number of carbonyl (C=O) groups excluding carboxylic acids is 2. The first-order valence-electron chi connectivity index (χ1n) is 14.0. The third kappa shape index (κ3) is 7.00. The van der Waals surface area contributed by atoms with Crippen molar-refractivity contribution in [2.24, 2.45) is 5.92 Å². The molecular weight excluding hydrogens is 593 g/mol. The van der Waals surface area contributed by atoms with Crippen LogP contribution in [0.3, 0.4) is 0 Å². The standard InChI is InChI=1S/C31H27F3N6O3S/c32-31(33,34)43-26-8-4-3-7-23(26)24-15-20-5-1-2-6-22(20)25(38-24)18-35-17-19-10-13-40(14-11-19)29-36-12-9-21(37-29)16-27-28(41)39-30(42)44-27/h1-9,12,15-16,19,35H,10-11,13-14,17-18H2,(H,39,41,42). The fourth-order valence-electron chi connectivity index (χ4n) is 5.32. The molecule has 2 aliphatic heterocycles. The van der Waals surface area contributed by atoms with Gasteiger partial charge in [-0.2, -0.15) is 0 Å². The Bertz CT molecular complexity index is 1740. The van der Waals surface area contributed by atoms with Gasteiger partial charge >= 0.3 is 6.36 Å². The average molecular weight is 621 g/mol. The summed E-state index contributed by atoms with van der Waals surface area (Å²) in [5.74, 6) is 0.251. The number of ether oxygens (including phenoxy) is 1. The summed E-state index contributed by atoms with van der Waals surface area (Å²) in [6.45, 7) is 2.71. The molecule has 4 aromatic rings. The largest absolute Gasteiger partial charge is 0.573 e. The van der Waals surface area contributed by atoms with Gasteiger partial charge in [0.25, 0.3) is 11.1 Å². The molecule has 0 atom stereocenters. The SMILES string of the molecule is O=C1NC(=O)C(=Cc2ccnc(N3CCC(CNCc4nc(-c5ccccc5OC(F)(F)F)cc5ccccc45)CC3)n2)S1. The van der Waals surface area contributed by atoms with Crippen LogP contribution in [0, 0.1) is 5.92 Å². The molecule has 0 saturated carbocycles. The highest BCUT2D eigenvalue weighted by molar-refractivity contribution is 8.18. The van der Waals surface area contributed by atoms with Gasteiger partial charge in [-0.05, 0) is 72.8 Å². The number of para-hydroxylation sites is 1. The van der Waals surface area contributed by atoms with E-state index >= 15 is 0 Å². The van der Waals surface area contributed by atoms with E-state index in [0.717, 1.165) is 60.7 Å². The first-order chi connectivity index (χ1) is 21.2. The molecule has 2 aromatic heterocycles. The smallest absolute Gasteiger partial charge is 0.405 e. The van der Waals surface area contributed by atoms with E-state index in [1.807, 2.05) is 24.3 Å². The molecule has 0 bridgehead atoms. The van der Waals surface area contributed by atoms with E-state index in [1.165, 1.54) is 12.1 Å². The maximum Gasteiger partial charge on any atom is 0.573 e. The van der Waals surface area contributed by atoms with Crippen molar-refractivity contribution in [2.75, 3.05) is 24.5 Å². The van der Waals surface area contributed by atoms with Crippen molar-refractivity contribution in [3.63, 3.8) is 0 Å². The fraction of sp³-hybridized carbons (Fsp3) is 0.258. The molecule has 9 nitrogen and oxygen atoms in total. The number of aromatic nitrogens is 3. The molecule has 4 heterocycles. The van der Waals surface area contributed by atoms with E-state index in [-0.39, 0.29) is 11.3 Å². The van der Waals surface area contributed by atoms with Crippen LogP contribution in [0.2, 0.25) is 0 Å². The fourth-order valence-corrected chi connectivity index (χ4v) is 5.98. The van der Waals surface area contributed by atoms with Gasteiger partial charge in [-0.25, -0.2) is 9.97 Å². The zero-order valence-electron chi connectivity index (χ0n) is 23.3. The molecule has 0 aliphatic carbocycles. The number of benzene rings is 2. The zero-order chi connectivity index (χ0) is 30.7. The summed E-state index contributed by atoms with van der Waals surface area (Å²) in [4.78, 5) is 39.5. The van der Waals surface area contributed by atoms with Crippen molar-refractivity contribution in [3.8, 4) is 17.0 Å². The van der Waals surface area contributed by atoms with Gasteiger partial charge < -0.3 is 15.0 Å². The number of amides is 2. The zero-order valence-corrected chi connectivity index (χ0v) is 24.1. The summed E-state index contributed by atoms with van der Waals surface area (Å²) in [6.07, 6.45) is 0.228. The molecule has 44 heavy (non-hydrogen) atoms. The van der Waals surface area contributed by atoms with E-state index in [4.69, 9.17) is 4.98 Å². The number of nitrogens with zero attached hydrogens (tertiary/aromatic N) is 4. The molecule has 2 aliphatic rings. The number of anilines is 1. The van der Waals surface area contributed by atoms with Gasteiger partial charge in [0.15, 0.2) is 0 Å². The maximum atomic E-state index is 13.1. The Morgan fingerprint density at radius 2 is 1.82 bits per heavy atom. The molecule has 13 heteroatoms. The van der Waals surface area contributed by atoms with Crippen LogP contribution in [0.1, 0.15) is 24.2 Å². The highest BCUT2D eigenvalue weighted by atomic mass is 32.2. The van der Waals surface area contributed by atoms with Crippen LogP contribution in [0.15, 0.2) is 71.8 Å². The summed E-state index contributed by atoms with van der Waals surface area (Å²) in [7, 11) is 0. The summed E-state index contributed by atoms with van der Waals surface area (Å²) in [5.41, 5.74) is 1.98. The summed E-state index contributed by atoms with van der Waals surface area (Å²) >= 11 is 0.848. The van der Waals surface area contributed by atoms with Crippen LogP contribution in [0.4, 0.5) is 23.9 Å². The van der Waals surface area contributed by atoms with Crippen molar-refractivity contribution in [1.29, 1.82) is 0 Å². The number of piperidine rings is 1. The van der Waals surface area contributed by atoms with Crippen LogP contribution in [-0.2, 0) is 11.3 Å². The second-order valence-corrected chi connectivity index (χ2v) is 11.4. The Morgan fingerprint density at radius 1 is 1.05 bits per heavy atom. The van der Waals surface area contributed by atoms with Gasteiger partial charge in [-0.3, -0.25) is 19.9 Å². The molecule has 2 amide bonds. The summed E-state index contributed by atoms with van der Waals surface area (Å²) in [5, 5.41) is 7.15. The lowest BCUT2D eigenvalue weighted by Gasteiger charge is -2.32. The van der Waals surface area contributed by atoms with Crippen molar-refractivity contribution in [1.82, 2.24) is 25.6 Å². The van der Waals surface area contributed by atoms with E-state index in [1.54, 1.807) is 36.5 Å². The molecule has 6 rings (SSSR count). The van der Waals surface area contributed by atoms with E-state index in [2.05, 4.69) is 30.2 Å². The number of rotatable bonds is 8. The predicted molar refractivity (Wildman–Crippen MR) is 162 cm³/mol. The van der Waals surface area contributed by atoms with Crippen LogP contribution in [0.25, 0.3) is 28.1 Å². The minimum Gasteiger partial charge on any atom is -0.405 e. The number of alkyl halides is 3. The summed E-state index contributed by atoms with van der Waals surface area (Å²) < 4.78 is 43.5. The highest BCUT2D eigenvalue weighted by Gasteiger charge is 2.32. The van der Waals surface area contributed by atoms with Gasteiger partial charge in [0.1, 0.15) is 5.75 Å². The number of thioether (sulfide) groups is 1. The van der Waals surface area contributed by atoms with Crippen LogP contribution in [0.5, 0.6) is 5.75 Å². The Balaban J connectivity index is 1.10. The molecule has 0 radical (unpaired) electrons. The third-order valence-corrected chi connectivity index (χ3v) is 8.23. The Labute approximate surface area is 254 Å². The second-order valence-electron chi connectivity index (χ2n) is 10.4. The minimum absolute atomic E-state index is 0.269. The van der Waals surface area contributed by atoms with Gasteiger partial charge in [-0.1, -0.05) is 36.4 Å². The van der Waals surface area contributed by atoms with Crippen LogP contribution >= 0.6 is 11.8 Å². The van der Waals surface area contributed by atoms with Gasteiger partial charge in [0.2, 0.25) is 5.95 Å². The first kappa shape index (κ1) is 29.6. The number of halogens is 3. The number of nitrogens with one attached hydrogen (secondary N) is 2. The highest BCUT2D eigenvalue weighted by Crippen LogP contribution is 2.35. The summed E-state index contributed by atoms with van der Waals surface area (Å²) in [6, 6.07) is 17.2. The van der Waals surface area contributed by atoms with Crippen molar-refractivity contribution in [3.05, 3.63) is 83.2 Å². The van der Waals surface area contributed by atoms with Gasteiger partial charge in [0.05, 0.1) is 22.0 Å². The lowest BCUT2D eigenvalue weighted by atomic mass is 9.97. The van der Waals surface area contributed by atoms with Gasteiger partial charge in [0, 0.05) is 36.8 Å². The maximum absolute atomic E-state index is 13.1. The lowest BCUT2D eigenvalue weighted by molar-refractivity contribution is -0.274. The number of imide groups is 1. The number of pyridine rings is 1. The minimum atomic E-state index is -4.81. The molecule has 226 valence electrons. The van der Waals surface area contributed by atoms with E-state index in [0.29, 0.717) is 34.7 Å². The number of fused-ring (bicyclic) bond motifs is 1. The Kier molecular flexibility index (Phi) is 8.49. The predicted octanol–water partition coefficient (Wildman–Crippen LogP) is 5.92. The second kappa shape index (κ2) is 12.6. The van der Waals surface area contributed by atoms with Crippen molar-refractivity contribution < 1.29 is 27.5 Å². The molecule has 2 aromatic carbocycles. The number of hydrogen-bond donors (Lipinski definition) is 2. The van der Waals surface area contributed by atoms with Crippen molar-refractivity contribution in [2.45, 2.75) is 25.7 Å². The monoisotopic (exact) mass is 620 g/mol. The molecule has 2 fully saturated rings. The van der Waals surface area contributed by atoms with Crippen molar-refractivity contribution >= 4 is 45.7 Å². The quantitative estimate of drug-likeness (QED) is 0.232.